The smallest absolute Gasteiger partial charge is 0.328 e. The Kier molecular flexibility index (Phi) is 6.06. The maximum atomic E-state index is 11.3. The van der Waals surface area contributed by atoms with Crippen LogP contribution in [0.5, 0.6) is 0 Å². The van der Waals surface area contributed by atoms with Gasteiger partial charge in [-0.2, -0.15) is 0 Å². The average molecular weight is 297 g/mol. The first kappa shape index (κ1) is 16.0. The van der Waals surface area contributed by atoms with Gasteiger partial charge in [0.2, 0.25) is 5.91 Å². The molecule has 0 radical (unpaired) electrons. The molecule has 0 atom stereocenters. The molecule has 0 aliphatic heterocycles. The summed E-state index contributed by atoms with van der Waals surface area (Å²) >= 11 is 6.10. The van der Waals surface area contributed by atoms with Gasteiger partial charge in [0.05, 0.1) is 0 Å². The number of aliphatic carboxylic acids is 1. The van der Waals surface area contributed by atoms with Crippen molar-refractivity contribution in [2.75, 3.05) is 25.5 Å². The summed E-state index contributed by atoms with van der Waals surface area (Å²) in [5.74, 6) is -1.09. The number of nitrogens with one attached hydrogen (secondary N) is 1. The summed E-state index contributed by atoms with van der Waals surface area (Å²) in [6.07, 6.45) is 2.84. The lowest BCUT2D eigenvalue weighted by Crippen LogP contribution is -2.26. The number of amides is 1. The van der Waals surface area contributed by atoms with Gasteiger partial charge in [-0.05, 0) is 18.2 Å². The van der Waals surface area contributed by atoms with E-state index in [4.69, 9.17) is 16.7 Å². The van der Waals surface area contributed by atoms with Crippen molar-refractivity contribution >= 4 is 35.2 Å². The van der Waals surface area contributed by atoms with Gasteiger partial charge in [-0.1, -0.05) is 17.7 Å². The standard InChI is InChI=1S/C14H17ClN2O3/c1-16-13(18)8-9-17(2)12-5-3-4-11(15)10(12)6-7-14(19)20/h3-7H,8-9H2,1-2H3,(H,16,18)(H,19,20)/b7-6+. The molecule has 1 amide bonds. The van der Waals surface area contributed by atoms with Gasteiger partial charge in [0, 0.05) is 49.4 Å². The van der Waals surface area contributed by atoms with Crippen LogP contribution in [0.1, 0.15) is 12.0 Å². The third-order valence-corrected chi connectivity index (χ3v) is 3.12. The molecule has 1 aromatic rings. The number of carboxylic acid groups (broad SMARTS) is 1. The Bertz CT molecular complexity index is 529. The van der Waals surface area contributed by atoms with E-state index in [0.29, 0.717) is 23.6 Å². The van der Waals surface area contributed by atoms with Crippen LogP contribution < -0.4 is 10.2 Å². The number of nitrogens with zero attached hydrogens (tertiary/aromatic N) is 1. The van der Waals surface area contributed by atoms with E-state index in [1.54, 1.807) is 19.2 Å². The van der Waals surface area contributed by atoms with Crippen LogP contribution in [-0.4, -0.2) is 37.6 Å². The molecule has 0 aromatic heterocycles. The van der Waals surface area contributed by atoms with E-state index < -0.39 is 5.97 Å². The number of halogens is 1. The number of hydrogen-bond donors (Lipinski definition) is 2. The predicted octanol–water partition coefficient (Wildman–Crippen LogP) is 2.01. The first-order valence-electron chi connectivity index (χ1n) is 6.07. The fourth-order valence-corrected chi connectivity index (χ4v) is 1.93. The quantitative estimate of drug-likeness (QED) is 0.788. The maximum absolute atomic E-state index is 11.3. The van der Waals surface area contributed by atoms with Gasteiger partial charge in [0.1, 0.15) is 0 Å². The Morgan fingerprint density at radius 1 is 1.45 bits per heavy atom. The van der Waals surface area contributed by atoms with E-state index >= 15 is 0 Å². The summed E-state index contributed by atoms with van der Waals surface area (Å²) in [5.41, 5.74) is 1.40. The topological polar surface area (TPSA) is 69.6 Å². The normalized spacial score (nSPS) is 10.6. The van der Waals surface area contributed by atoms with Crippen LogP contribution in [0.15, 0.2) is 24.3 Å². The largest absolute Gasteiger partial charge is 0.478 e. The van der Waals surface area contributed by atoms with Crippen LogP contribution in [-0.2, 0) is 9.59 Å². The van der Waals surface area contributed by atoms with Crippen molar-refractivity contribution in [3.05, 3.63) is 34.9 Å². The Labute approximate surface area is 122 Å². The van der Waals surface area contributed by atoms with E-state index in [1.807, 2.05) is 18.0 Å². The van der Waals surface area contributed by atoms with Crippen LogP contribution >= 0.6 is 11.6 Å². The van der Waals surface area contributed by atoms with Crippen molar-refractivity contribution in [3.8, 4) is 0 Å². The maximum Gasteiger partial charge on any atom is 0.328 e. The van der Waals surface area contributed by atoms with Crippen molar-refractivity contribution in [1.29, 1.82) is 0 Å². The zero-order valence-corrected chi connectivity index (χ0v) is 12.1. The van der Waals surface area contributed by atoms with Crippen LogP contribution in [0.25, 0.3) is 6.08 Å². The number of carbonyl (C=O) groups excluding carboxylic acids is 1. The van der Waals surface area contributed by atoms with Crippen molar-refractivity contribution in [2.24, 2.45) is 0 Å². The molecule has 0 saturated carbocycles. The van der Waals surface area contributed by atoms with E-state index in [9.17, 15) is 9.59 Å². The lowest BCUT2D eigenvalue weighted by Gasteiger charge is -2.21. The SMILES string of the molecule is CNC(=O)CCN(C)c1cccc(Cl)c1/C=C/C(=O)O. The van der Waals surface area contributed by atoms with Crippen molar-refractivity contribution in [2.45, 2.75) is 6.42 Å². The highest BCUT2D eigenvalue weighted by molar-refractivity contribution is 6.32. The minimum atomic E-state index is -1.04. The first-order valence-corrected chi connectivity index (χ1v) is 6.44. The van der Waals surface area contributed by atoms with Gasteiger partial charge in [0.15, 0.2) is 0 Å². The second-order valence-corrected chi connectivity index (χ2v) is 4.60. The zero-order valence-electron chi connectivity index (χ0n) is 11.4. The van der Waals surface area contributed by atoms with Gasteiger partial charge >= 0.3 is 5.97 Å². The molecule has 108 valence electrons. The molecule has 0 spiro atoms. The van der Waals surface area contributed by atoms with E-state index in [1.165, 1.54) is 6.08 Å². The van der Waals surface area contributed by atoms with Crippen molar-refractivity contribution in [1.82, 2.24) is 5.32 Å². The molecule has 5 nitrogen and oxygen atoms in total. The van der Waals surface area contributed by atoms with Crippen molar-refractivity contribution in [3.63, 3.8) is 0 Å². The molecule has 0 bridgehead atoms. The molecule has 20 heavy (non-hydrogen) atoms. The monoisotopic (exact) mass is 296 g/mol. The summed E-state index contributed by atoms with van der Waals surface area (Å²) in [6, 6.07) is 5.31. The molecular weight excluding hydrogens is 280 g/mol. The summed E-state index contributed by atoms with van der Waals surface area (Å²) in [5, 5.41) is 11.7. The molecule has 0 unspecified atom stereocenters. The highest BCUT2D eigenvalue weighted by atomic mass is 35.5. The molecule has 0 fully saturated rings. The van der Waals surface area contributed by atoms with Gasteiger partial charge in [-0.15, -0.1) is 0 Å². The number of rotatable bonds is 6. The number of benzene rings is 1. The number of carbonyl (C=O) groups is 2. The average Bonchev–Trinajstić information content (AvgIpc) is 2.42. The number of anilines is 1. The number of carboxylic acids is 1. The molecule has 0 aliphatic rings. The molecule has 0 heterocycles. The second-order valence-electron chi connectivity index (χ2n) is 4.19. The summed E-state index contributed by atoms with van der Waals surface area (Å²) in [6.45, 7) is 0.508. The first-order chi connectivity index (χ1) is 9.45. The molecule has 1 rings (SSSR count). The molecule has 2 N–H and O–H groups in total. The Morgan fingerprint density at radius 3 is 2.75 bits per heavy atom. The van der Waals surface area contributed by atoms with Crippen LogP contribution in [0.3, 0.4) is 0 Å². The molecule has 1 aromatic carbocycles. The van der Waals surface area contributed by atoms with Gasteiger partial charge in [0.25, 0.3) is 0 Å². The molecular formula is C14H17ClN2O3. The summed E-state index contributed by atoms with van der Waals surface area (Å²) < 4.78 is 0. The Hall–Kier alpha value is -2.01. The van der Waals surface area contributed by atoms with Gasteiger partial charge < -0.3 is 15.3 Å². The summed E-state index contributed by atoms with van der Waals surface area (Å²) in [7, 11) is 3.41. The van der Waals surface area contributed by atoms with Crippen molar-refractivity contribution < 1.29 is 14.7 Å². The lowest BCUT2D eigenvalue weighted by molar-refractivity contribution is -0.131. The molecule has 0 aliphatic carbocycles. The van der Waals surface area contributed by atoms with Crippen LogP contribution in [0.4, 0.5) is 5.69 Å². The Morgan fingerprint density at radius 2 is 2.15 bits per heavy atom. The molecule has 0 saturated heterocycles. The number of hydrogen-bond acceptors (Lipinski definition) is 3. The highest BCUT2D eigenvalue weighted by Gasteiger charge is 2.10. The van der Waals surface area contributed by atoms with E-state index in [0.717, 1.165) is 11.8 Å². The predicted molar refractivity (Wildman–Crippen MR) is 80.1 cm³/mol. The second kappa shape index (κ2) is 7.55. The third kappa shape index (κ3) is 4.59. The van der Waals surface area contributed by atoms with E-state index in [-0.39, 0.29) is 5.91 Å². The fraction of sp³-hybridized carbons (Fsp3) is 0.286. The van der Waals surface area contributed by atoms with Crippen LogP contribution in [0.2, 0.25) is 5.02 Å². The minimum Gasteiger partial charge on any atom is -0.478 e. The van der Waals surface area contributed by atoms with E-state index in [2.05, 4.69) is 5.32 Å². The van der Waals surface area contributed by atoms with Gasteiger partial charge in [-0.3, -0.25) is 4.79 Å². The zero-order chi connectivity index (χ0) is 15.1. The third-order valence-electron chi connectivity index (χ3n) is 2.79. The minimum absolute atomic E-state index is 0.0542. The van der Waals surface area contributed by atoms with Crippen LogP contribution in [0, 0.1) is 0 Å². The molecule has 6 heteroatoms. The Balaban J connectivity index is 2.96. The summed E-state index contributed by atoms with van der Waals surface area (Å²) in [4.78, 5) is 23.7. The highest BCUT2D eigenvalue weighted by Crippen LogP contribution is 2.28. The fourth-order valence-electron chi connectivity index (χ4n) is 1.69. The lowest BCUT2D eigenvalue weighted by atomic mass is 10.1. The van der Waals surface area contributed by atoms with Gasteiger partial charge in [-0.25, -0.2) is 4.79 Å².